The van der Waals surface area contributed by atoms with E-state index in [2.05, 4.69) is 0 Å². The molecular weight excluding hydrogens is 274 g/mol. The molecule has 0 amide bonds. The molecule has 1 aromatic carbocycles. The molecule has 0 aliphatic heterocycles. The Morgan fingerprint density at radius 3 is 2.60 bits per heavy atom. The highest BCUT2D eigenvalue weighted by Gasteiger charge is 2.18. The Labute approximate surface area is 123 Å². The lowest BCUT2D eigenvalue weighted by Gasteiger charge is -2.14. The third-order valence-corrected chi connectivity index (χ3v) is 4.37. The number of hydrogen-bond acceptors (Lipinski definition) is 3. The van der Waals surface area contributed by atoms with Crippen molar-refractivity contribution in [2.24, 2.45) is 0 Å². The zero-order chi connectivity index (χ0) is 14.1. The van der Waals surface area contributed by atoms with Crippen LogP contribution in [0.3, 0.4) is 0 Å². The van der Waals surface area contributed by atoms with Crippen LogP contribution < -0.4 is 9.47 Å². The highest BCUT2D eigenvalue weighted by atomic mass is 35.5. The number of aryl methyl sites for hydroxylation is 1. The van der Waals surface area contributed by atoms with Gasteiger partial charge >= 0.3 is 0 Å². The molecule has 0 saturated heterocycles. The van der Waals surface area contributed by atoms with Crippen molar-refractivity contribution in [2.45, 2.75) is 32.1 Å². The summed E-state index contributed by atoms with van der Waals surface area (Å²) in [5.41, 5.74) is 3.16. The van der Waals surface area contributed by atoms with E-state index in [1.807, 2.05) is 12.1 Å². The van der Waals surface area contributed by atoms with Crippen LogP contribution in [0, 0.1) is 0 Å². The van der Waals surface area contributed by atoms with Gasteiger partial charge in [-0.1, -0.05) is 18.0 Å². The maximum Gasteiger partial charge on any atom is 0.148 e. The van der Waals surface area contributed by atoms with Gasteiger partial charge in [0, 0.05) is 17.1 Å². The van der Waals surface area contributed by atoms with Gasteiger partial charge in [0.25, 0.3) is 0 Å². The number of ether oxygens (including phenoxy) is 2. The fourth-order valence-electron chi connectivity index (χ4n) is 2.86. The number of hydrogen-bond donors (Lipinski definition) is 0. The molecule has 20 heavy (non-hydrogen) atoms. The molecule has 106 valence electrons. The van der Waals surface area contributed by atoms with Gasteiger partial charge in [-0.2, -0.15) is 0 Å². The second-order valence-corrected chi connectivity index (χ2v) is 5.52. The van der Waals surface area contributed by atoms with Gasteiger partial charge in [-0.25, -0.2) is 4.98 Å². The SMILES string of the molecule is COc1cc(OC)c2nc3c(c(Cl)c2c1)CCCCC3. The number of nitrogens with zero attached hydrogens (tertiary/aromatic N) is 1. The first-order valence-corrected chi connectivity index (χ1v) is 7.35. The van der Waals surface area contributed by atoms with Gasteiger partial charge in [0.15, 0.2) is 0 Å². The van der Waals surface area contributed by atoms with Crippen molar-refractivity contribution in [3.63, 3.8) is 0 Å². The molecule has 1 aliphatic rings. The molecule has 3 nitrogen and oxygen atoms in total. The third-order valence-electron chi connectivity index (χ3n) is 3.94. The first-order valence-electron chi connectivity index (χ1n) is 6.97. The Morgan fingerprint density at radius 2 is 1.85 bits per heavy atom. The molecule has 0 spiro atoms. The van der Waals surface area contributed by atoms with Crippen LogP contribution in [0.25, 0.3) is 10.9 Å². The minimum atomic E-state index is 0.716. The monoisotopic (exact) mass is 291 g/mol. The molecule has 1 heterocycles. The molecule has 0 N–H and O–H groups in total. The molecule has 0 bridgehead atoms. The molecule has 0 radical (unpaired) electrons. The van der Waals surface area contributed by atoms with E-state index >= 15 is 0 Å². The molecule has 1 aliphatic carbocycles. The fourth-order valence-corrected chi connectivity index (χ4v) is 3.21. The summed E-state index contributed by atoms with van der Waals surface area (Å²) in [5, 5.41) is 1.73. The van der Waals surface area contributed by atoms with E-state index < -0.39 is 0 Å². The van der Waals surface area contributed by atoms with Gasteiger partial charge < -0.3 is 9.47 Å². The van der Waals surface area contributed by atoms with E-state index in [-0.39, 0.29) is 0 Å². The summed E-state index contributed by atoms with van der Waals surface area (Å²) in [6.45, 7) is 0. The van der Waals surface area contributed by atoms with Crippen LogP contribution in [0.15, 0.2) is 12.1 Å². The number of aromatic nitrogens is 1. The second-order valence-electron chi connectivity index (χ2n) is 5.14. The first kappa shape index (κ1) is 13.5. The number of fused-ring (bicyclic) bond motifs is 2. The number of pyridine rings is 1. The Bertz CT molecular complexity index is 655. The molecular formula is C16H18ClNO2. The van der Waals surface area contributed by atoms with Crippen molar-refractivity contribution in [2.75, 3.05) is 14.2 Å². The standard InChI is InChI=1S/C16H18ClNO2/c1-19-10-8-12-15(17)11-6-4-3-5-7-13(11)18-16(12)14(9-10)20-2/h8-9H,3-7H2,1-2H3. The largest absolute Gasteiger partial charge is 0.497 e. The van der Waals surface area contributed by atoms with E-state index in [4.69, 9.17) is 26.1 Å². The van der Waals surface area contributed by atoms with Gasteiger partial charge in [-0.05, 0) is 37.3 Å². The Morgan fingerprint density at radius 1 is 1.05 bits per heavy atom. The third kappa shape index (κ3) is 2.20. The average molecular weight is 292 g/mol. The highest BCUT2D eigenvalue weighted by molar-refractivity contribution is 6.36. The lowest BCUT2D eigenvalue weighted by molar-refractivity contribution is 0.397. The normalized spacial score (nSPS) is 14.8. The lowest BCUT2D eigenvalue weighted by atomic mass is 10.0. The van der Waals surface area contributed by atoms with Gasteiger partial charge in [-0.15, -0.1) is 0 Å². The highest BCUT2D eigenvalue weighted by Crippen LogP contribution is 2.38. The van der Waals surface area contributed by atoms with Crippen molar-refractivity contribution in [1.29, 1.82) is 0 Å². The minimum Gasteiger partial charge on any atom is -0.497 e. The van der Waals surface area contributed by atoms with Crippen molar-refractivity contribution in [3.8, 4) is 11.5 Å². The van der Waals surface area contributed by atoms with E-state index in [0.29, 0.717) is 5.75 Å². The number of benzene rings is 1. The van der Waals surface area contributed by atoms with Crippen molar-refractivity contribution in [3.05, 3.63) is 28.4 Å². The summed E-state index contributed by atoms with van der Waals surface area (Å²) < 4.78 is 10.8. The first-order chi connectivity index (χ1) is 9.74. The lowest BCUT2D eigenvalue weighted by Crippen LogP contribution is -2.00. The number of halogens is 1. The maximum atomic E-state index is 6.64. The topological polar surface area (TPSA) is 31.4 Å². The van der Waals surface area contributed by atoms with Crippen molar-refractivity contribution in [1.82, 2.24) is 4.98 Å². The predicted molar refractivity (Wildman–Crippen MR) is 81.1 cm³/mol. The zero-order valence-electron chi connectivity index (χ0n) is 11.8. The van der Waals surface area contributed by atoms with E-state index in [0.717, 1.165) is 40.2 Å². The van der Waals surface area contributed by atoms with Crippen LogP contribution in [0.2, 0.25) is 5.02 Å². The van der Waals surface area contributed by atoms with Crippen LogP contribution in [0.4, 0.5) is 0 Å². The maximum absolute atomic E-state index is 6.64. The average Bonchev–Trinajstić information content (AvgIpc) is 2.72. The zero-order valence-corrected chi connectivity index (χ0v) is 12.6. The molecule has 4 heteroatoms. The van der Waals surface area contributed by atoms with E-state index in [1.54, 1.807) is 14.2 Å². The van der Waals surface area contributed by atoms with Gasteiger partial charge in [0.1, 0.15) is 17.0 Å². The minimum absolute atomic E-state index is 0.716. The van der Waals surface area contributed by atoms with E-state index in [1.165, 1.54) is 24.8 Å². The summed E-state index contributed by atoms with van der Waals surface area (Å²) in [5.74, 6) is 1.46. The Kier molecular flexibility index (Phi) is 3.70. The van der Waals surface area contributed by atoms with Gasteiger partial charge in [-0.3, -0.25) is 0 Å². The summed E-state index contributed by atoms with van der Waals surface area (Å²) in [4.78, 5) is 4.82. The Hall–Kier alpha value is -1.48. The van der Waals surface area contributed by atoms with Crippen LogP contribution in [0.5, 0.6) is 11.5 Å². The molecule has 0 fully saturated rings. The van der Waals surface area contributed by atoms with Crippen LogP contribution in [0.1, 0.15) is 30.5 Å². The summed E-state index contributed by atoms with van der Waals surface area (Å²) >= 11 is 6.64. The summed E-state index contributed by atoms with van der Waals surface area (Å²) in [7, 11) is 3.29. The quantitative estimate of drug-likeness (QED) is 0.778. The van der Waals surface area contributed by atoms with Crippen molar-refractivity contribution >= 4 is 22.5 Å². The van der Waals surface area contributed by atoms with Crippen LogP contribution in [-0.4, -0.2) is 19.2 Å². The molecule has 1 aromatic heterocycles. The van der Waals surface area contributed by atoms with E-state index in [9.17, 15) is 0 Å². The second kappa shape index (κ2) is 5.49. The smallest absolute Gasteiger partial charge is 0.148 e. The molecule has 0 atom stereocenters. The molecule has 0 unspecified atom stereocenters. The van der Waals surface area contributed by atoms with Crippen molar-refractivity contribution < 1.29 is 9.47 Å². The fraction of sp³-hybridized carbons (Fsp3) is 0.438. The number of rotatable bonds is 2. The number of methoxy groups -OCH3 is 2. The van der Waals surface area contributed by atoms with Crippen LogP contribution in [-0.2, 0) is 12.8 Å². The Balaban J connectivity index is 2.31. The van der Waals surface area contributed by atoms with Crippen LogP contribution >= 0.6 is 11.6 Å². The predicted octanol–water partition coefficient (Wildman–Crippen LogP) is 4.17. The summed E-state index contributed by atoms with van der Waals surface area (Å²) in [6.07, 6.45) is 5.61. The summed E-state index contributed by atoms with van der Waals surface area (Å²) in [6, 6.07) is 3.80. The van der Waals surface area contributed by atoms with Gasteiger partial charge in [0.05, 0.1) is 19.2 Å². The molecule has 0 saturated carbocycles. The molecule has 3 rings (SSSR count). The molecule has 2 aromatic rings. The van der Waals surface area contributed by atoms with Gasteiger partial charge in [0.2, 0.25) is 0 Å².